The van der Waals surface area contributed by atoms with Crippen molar-refractivity contribution in [3.8, 4) is 0 Å². The smallest absolute Gasteiger partial charge is 0.244 e. The molecule has 0 bridgehead atoms. The number of likely N-dealkylation sites (tertiary alicyclic amines) is 1. The number of nitrogens with two attached hydrogens (primary N) is 1. The molecule has 2 rings (SSSR count). The first-order valence-corrected chi connectivity index (χ1v) is 7.02. The molecule has 1 fully saturated rings. The molecule has 0 saturated carbocycles. The minimum absolute atomic E-state index is 0. The van der Waals surface area contributed by atoms with Crippen LogP contribution in [0.5, 0.6) is 0 Å². The van der Waals surface area contributed by atoms with E-state index in [0.29, 0.717) is 12.5 Å². The molecule has 2 heterocycles. The van der Waals surface area contributed by atoms with E-state index in [0.717, 1.165) is 37.3 Å². The number of aryl methyl sites for hydroxylation is 2. The summed E-state index contributed by atoms with van der Waals surface area (Å²) < 4.78 is 1.78. The maximum atomic E-state index is 12.3. The summed E-state index contributed by atoms with van der Waals surface area (Å²) in [5.74, 6) is 0.578. The van der Waals surface area contributed by atoms with Crippen LogP contribution in [0, 0.1) is 19.8 Å². The first-order valence-electron chi connectivity index (χ1n) is 7.02. The average molecular weight is 337 g/mol. The number of rotatable bonds is 3. The van der Waals surface area contributed by atoms with Crippen molar-refractivity contribution in [3.63, 3.8) is 0 Å². The number of hydrogen-bond donors (Lipinski definition) is 1. The zero-order valence-corrected chi connectivity index (χ0v) is 14.5. The fourth-order valence-corrected chi connectivity index (χ4v) is 2.73. The van der Waals surface area contributed by atoms with Crippen molar-refractivity contribution in [1.82, 2.24) is 14.7 Å². The van der Waals surface area contributed by atoms with E-state index in [9.17, 15) is 4.79 Å². The highest BCUT2D eigenvalue weighted by Gasteiger charge is 2.26. The van der Waals surface area contributed by atoms with Gasteiger partial charge in [-0.05, 0) is 45.6 Å². The maximum Gasteiger partial charge on any atom is 0.244 e. The molecule has 2 atom stereocenters. The molecule has 1 aliphatic heterocycles. The third-order valence-electron chi connectivity index (χ3n) is 3.94. The molecule has 1 aromatic heterocycles. The summed E-state index contributed by atoms with van der Waals surface area (Å²) in [4.78, 5) is 14.3. The first-order chi connectivity index (χ1) is 8.97. The van der Waals surface area contributed by atoms with E-state index in [4.69, 9.17) is 5.73 Å². The van der Waals surface area contributed by atoms with Crippen molar-refractivity contribution >= 4 is 30.7 Å². The molecule has 0 aliphatic carbocycles. The molecule has 1 saturated heterocycles. The molecule has 2 N–H and O–H groups in total. The lowest BCUT2D eigenvalue weighted by molar-refractivity contribution is -0.134. The van der Waals surface area contributed by atoms with E-state index in [-0.39, 0.29) is 36.8 Å². The topological polar surface area (TPSA) is 64.2 Å². The number of amides is 1. The molecule has 1 amide bonds. The number of aromatic nitrogens is 2. The zero-order chi connectivity index (χ0) is 14.0. The summed E-state index contributed by atoms with van der Waals surface area (Å²) in [6.07, 6.45) is 2.18. The van der Waals surface area contributed by atoms with E-state index in [1.807, 2.05) is 31.7 Å². The summed E-state index contributed by atoms with van der Waals surface area (Å²) in [6.45, 7) is 7.93. The predicted molar refractivity (Wildman–Crippen MR) is 89.2 cm³/mol. The summed E-state index contributed by atoms with van der Waals surface area (Å²) in [5.41, 5.74) is 7.94. The van der Waals surface area contributed by atoms with E-state index in [2.05, 4.69) is 5.10 Å². The zero-order valence-electron chi connectivity index (χ0n) is 12.9. The predicted octanol–water partition coefficient (Wildman–Crippen LogP) is 1.93. The Hall–Kier alpha value is -0.780. The van der Waals surface area contributed by atoms with Crippen molar-refractivity contribution < 1.29 is 4.79 Å². The number of carbonyl (C=O) groups excluding carboxylic acids is 1. The molecule has 0 aromatic carbocycles. The lowest BCUT2D eigenvalue weighted by atomic mass is 9.92. The van der Waals surface area contributed by atoms with Gasteiger partial charge in [-0.25, -0.2) is 0 Å². The van der Waals surface area contributed by atoms with Gasteiger partial charge in [-0.3, -0.25) is 9.48 Å². The van der Waals surface area contributed by atoms with E-state index < -0.39 is 0 Å². The van der Waals surface area contributed by atoms with Gasteiger partial charge < -0.3 is 10.6 Å². The van der Waals surface area contributed by atoms with Gasteiger partial charge in [-0.15, -0.1) is 24.8 Å². The van der Waals surface area contributed by atoms with Crippen LogP contribution in [-0.4, -0.2) is 39.7 Å². The fourth-order valence-electron chi connectivity index (χ4n) is 2.73. The minimum Gasteiger partial charge on any atom is -0.341 e. The van der Waals surface area contributed by atoms with Gasteiger partial charge in [0.15, 0.2) is 0 Å². The van der Waals surface area contributed by atoms with Crippen LogP contribution in [0.1, 0.15) is 31.2 Å². The Kier molecular flexibility index (Phi) is 8.29. The van der Waals surface area contributed by atoms with Crippen LogP contribution in [0.2, 0.25) is 0 Å². The lowest BCUT2D eigenvalue weighted by Gasteiger charge is -2.34. The lowest BCUT2D eigenvalue weighted by Crippen LogP contribution is -2.46. The highest BCUT2D eigenvalue weighted by molar-refractivity contribution is 5.85. The van der Waals surface area contributed by atoms with Crippen molar-refractivity contribution in [3.05, 3.63) is 17.5 Å². The van der Waals surface area contributed by atoms with Crippen LogP contribution < -0.4 is 5.73 Å². The largest absolute Gasteiger partial charge is 0.341 e. The third kappa shape index (κ3) is 5.16. The quantitative estimate of drug-likeness (QED) is 0.917. The maximum absolute atomic E-state index is 12.3. The molecule has 1 aromatic rings. The highest BCUT2D eigenvalue weighted by atomic mass is 35.5. The van der Waals surface area contributed by atoms with Crippen LogP contribution in [-0.2, 0) is 11.3 Å². The van der Waals surface area contributed by atoms with Gasteiger partial charge >= 0.3 is 0 Å². The number of halogens is 2. The molecular formula is C14H26Cl2N4O. The highest BCUT2D eigenvalue weighted by Crippen LogP contribution is 2.19. The summed E-state index contributed by atoms with van der Waals surface area (Å²) in [5, 5.41) is 4.34. The molecule has 21 heavy (non-hydrogen) atoms. The molecular weight excluding hydrogens is 311 g/mol. The molecule has 2 unspecified atom stereocenters. The monoisotopic (exact) mass is 336 g/mol. The van der Waals surface area contributed by atoms with Crippen LogP contribution in [0.3, 0.4) is 0 Å². The number of hydrogen-bond acceptors (Lipinski definition) is 3. The van der Waals surface area contributed by atoms with Crippen LogP contribution in [0.25, 0.3) is 0 Å². The van der Waals surface area contributed by atoms with Crippen LogP contribution >= 0.6 is 24.8 Å². The Balaban J connectivity index is 0.00000200. The molecule has 5 nitrogen and oxygen atoms in total. The fraction of sp³-hybridized carbons (Fsp3) is 0.714. The van der Waals surface area contributed by atoms with Gasteiger partial charge in [-0.2, -0.15) is 5.10 Å². The molecule has 1 aliphatic rings. The van der Waals surface area contributed by atoms with Crippen LogP contribution in [0.4, 0.5) is 0 Å². The Morgan fingerprint density at radius 3 is 2.67 bits per heavy atom. The minimum atomic E-state index is 0. The van der Waals surface area contributed by atoms with E-state index in [1.165, 1.54) is 0 Å². The Labute approximate surface area is 139 Å². The van der Waals surface area contributed by atoms with Crippen molar-refractivity contribution in [2.45, 2.75) is 46.2 Å². The first kappa shape index (κ1) is 20.2. The number of nitrogens with zero attached hydrogens (tertiary/aromatic N) is 3. The second-order valence-corrected chi connectivity index (χ2v) is 5.69. The van der Waals surface area contributed by atoms with Gasteiger partial charge in [0.1, 0.15) is 6.54 Å². The molecule has 0 spiro atoms. The summed E-state index contributed by atoms with van der Waals surface area (Å²) >= 11 is 0. The second kappa shape index (κ2) is 8.61. The SMILES string of the molecule is Cc1cc(C)n(CC(=O)N2CCCC(C(C)N)C2)n1.Cl.Cl. The van der Waals surface area contributed by atoms with Gasteiger partial charge in [0.05, 0.1) is 5.69 Å². The van der Waals surface area contributed by atoms with Crippen molar-refractivity contribution in [1.29, 1.82) is 0 Å². The second-order valence-electron chi connectivity index (χ2n) is 5.69. The van der Waals surface area contributed by atoms with Crippen molar-refractivity contribution in [2.24, 2.45) is 11.7 Å². The Bertz CT molecular complexity index is 462. The number of carbonyl (C=O) groups is 1. The summed E-state index contributed by atoms with van der Waals surface area (Å²) in [7, 11) is 0. The number of piperidine rings is 1. The third-order valence-corrected chi connectivity index (χ3v) is 3.94. The standard InChI is InChI=1S/C14H24N4O.2ClH/c1-10-7-11(2)18(16-10)9-14(19)17-6-4-5-13(8-17)12(3)15;;/h7,12-13H,4-6,8-9,15H2,1-3H3;2*1H. The normalized spacial score (nSPS) is 19.4. The van der Waals surface area contributed by atoms with E-state index in [1.54, 1.807) is 4.68 Å². The Morgan fingerprint density at radius 2 is 2.14 bits per heavy atom. The summed E-state index contributed by atoms with van der Waals surface area (Å²) in [6, 6.07) is 2.15. The van der Waals surface area contributed by atoms with Gasteiger partial charge in [0, 0.05) is 24.8 Å². The molecule has 0 radical (unpaired) electrons. The van der Waals surface area contributed by atoms with Gasteiger partial charge in [-0.1, -0.05) is 0 Å². The average Bonchev–Trinajstić information content (AvgIpc) is 2.68. The van der Waals surface area contributed by atoms with Gasteiger partial charge in [0.25, 0.3) is 0 Å². The van der Waals surface area contributed by atoms with Gasteiger partial charge in [0.2, 0.25) is 5.91 Å². The van der Waals surface area contributed by atoms with Crippen molar-refractivity contribution in [2.75, 3.05) is 13.1 Å². The molecule has 122 valence electrons. The Morgan fingerprint density at radius 1 is 1.48 bits per heavy atom. The van der Waals surface area contributed by atoms with E-state index >= 15 is 0 Å². The molecule has 7 heteroatoms. The van der Waals surface area contributed by atoms with Crippen LogP contribution in [0.15, 0.2) is 6.07 Å².